The third-order valence-electron chi connectivity index (χ3n) is 3.69. The first-order valence-electron chi connectivity index (χ1n) is 7.57. The molecule has 0 atom stereocenters. The zero-order valence-corrected chi connectivity index (χ0v) is 13.7. The SMILES string of the molecule is CC(=O)Oc1c(C)cccc1C(=O)On1cc(C=O)c2ccccc21. The number of aromatic nitrogens is 1. The van der Waals surface area contributed by atoms with Gasteiger partial charge in [0.1, 0.15) is 11.3 Å². The predicted octanol–water partition coefficient (Wildman–Crippen LogP) is 2.96. The zero-order chi connectivity index (χ0) is 18.0. The number of aldehydes is 1. The molecule has 1 aromatic heterocycles. The van der Waals surface area contributed by atoms with E-state index in [-0.39, 0.29) is 11.3 Å². The third-order valence-corrected chi connectivity index (χ3v) is 3.69. The molecule has 2 aromatic carbocycles. The fourth-order valence-electron chi connectivity index (χ4n) is 2.58. The first-order chi connectivity index (χ1) is 12.0. The Morgan fingerprint density at radius 2 is 1.84 bits per heavy atom. The molecule has 0 N–H and O–H groups in total. The summed E-state index contributed by atoms with van der Waals surface area (Å²) in [6.45, 7) is 2.99. The molecule has 0 aliphatic rings. The molecule has 0 amide bonds. The number of para-hydroxylation sites is 2. The summed E-state index contributed by atoms with van der Waals surface area (Å²) in [5.41, 5.74) is 1.75. The Morgan fingerprint density at radius 1 is 1.08 bits per heavy atom. The highest BCUT2D eigenvalue weighted by Gasteiger charge is 2.20. The van der Waals surface area contributed by atoms with E-state index in [0.29, 0.717) is 28.3 Å². The maximum atomic E-state index is 12.6. The second kappa shape index (κ2) is 6.60. The summed E-state index contributed by atoms with van der Waals surface area (Å²) in [6, 6.07) is 12.0. The van der Waals surface area contributed by atoms with Crippen LogP contribution in [0.3, 0.4) is 0 Å². The van der Waals surface area contributed by atoms with Crippen molar-refractivity contribution >= 4 is 29.1 Å². The molecule has 25 heavy (non-hydrogen) atoms. The molecule has 0 spiro atoms. The van der Waals surface area contributed by atoms with E-state index in [1.807, 2.05) is 0 Å². The van der Waals surface area contributed by atoms with Crippen LogP contribution in [-0.2, 0) is 4.79 Å². The number of rotatable bonds is 4. The highest BCUT2D eigenvalue weighted by Crippen LogP contribution is 2.25. The number of fused-ring (bicyclic) bond motifs is 1. The minimum absolute atomic E-state index is 0.126. The van der Waals surface area contributed by atoms with Gasteiger partial charge in [-0.3, -0.25) is 9.59 Å². The van der Waals surface area contributed by atoms with Crippen LogP contribution in [-0.4, -0.2) is 23.0 Å². The Kier molecular flexibility index (Phi) is 4.35. The predicted molar refractivity (Wildman–Crippen MR) is 90.7 cm³/mol. The van der Waals surface area contributed by atoms with Crippen LogP contribution in [0.5, 0.6) is 5.75 Å². The summed E-state index contributed by atoms with van der Waals surface area (Å²) in [6.07, 6.45) is 2.14. The number of hydrogen-bond donors (Lipinski definition) is 0. The summed E-state index contributed by atoms with van der Waals surface area (Å²) >= 11 is 0. The molecule has 0 saturated carbocycles. The van der Waals surface area contributed by atoms with Gasteiger partial charge in [0.05, 0.1) is 11.7 Å². The zero-order valence-electron chi connectivity index (χ0n) is 13.7. The summed E-state index contributed by atoms with van der Waals surface area (Å²) in [4.78, 5) is 40.5. The summed E-state index contributed by atoms with van der Waals surface area (Å²) < 4.78 is 6.38. The van der Waals surface area contributed by atoms with Crippen molar-refractivity contribution in [1.29, 1.82) is 0 Å². The number of benzene rings is 2. The normalized spacial score (nSPS) is 10.5. The standard InChI is InChI=1S/C19H15NO5/c1-12-6-5-8-16(18(12)24-13(2)22)19(23)25-20-10-14(11-21)15-7-3-4-9-17(15)20/h3-11H,1-2H3. The summed E-state index contributed by atoms with van der Waals surface area (Å²) in [5, 5.41) is 0.676. The maximum Gasteiger partial charge on any atom is 0.367 e. The number of esters is 1. The van der Waals surface area contributed by atoms with Crippen molar-refractivity contribution in [3.05, 3.63) is 65.4 Å². The molecule has 0 aliphatic heterocycles. The molecular weight excluding hydrogens is 322 g/mol. The lowest BCUT2D eigenvalue weighted by Gasteiger charge is -2.11. The number of aryl methyl sites for hydroxylation is 1. The van der Waals surface area contributed by atoms with Gasteiger partial charge in [-0.25, -0.2) is 4.79 Å². The highest BCUT2D eigenvalue weighted by atomic mass is 16.7. The van der Waals surface area contributed by atoms with Crippen LogP contribution in [0, 0.1) is 6.92 Å². The van der Waals surface area contributed by atoms with Gasteiger partial charge in [0, 0.05) is 17.9 Å². The van der Waals surface area contributed by atoms with Crippen LogP contribution >= 0.6 is 0 Å². The summed E-state index contributed by atoms with van der Waals surface area (Å²) in [5.74, 6) is -1.07. The first kappa shape index (κ1) is 16.4. The number of carbonyl (C=O) groups is 3. The van der Waals surface area contributed by atoms with Crippen molar-refractivity contribution in [1.82, 2.24) is 4.73 Å². The van der Waals surface area contributed by atoms with E-state index in [0.717, 1.165) is 0 Å². The molecule has 126 valence electrons. The van der Waals surface area contributed by atoms with Gasteiger partial charge >= 0.3 is 11.9 Å². The average molecular weight is 337 g/mol. The molecule has 0 saturated heterocycles. The van der Waals surface area contributed by atoms with Crippen LogP contribution in [0.4, 0.5) is 0 Å². The highest BCUT2D eigenvalue weighted by molar-refractivity contribution is 5.98. The fraction of sp³-hybridized carbons (Fsp3) is 0.105. The molecule has 3 aromatic rings. The van der Waals surface area contributed by atoms with E-state index in [1.54, 1.807) is 43.3 Å². The topological polar surface area (TPSA) is 74.6 Å². The largest absolute Gasteiger partial charge is 0.426 e. The van der Waals surface area contributed by atoms with Gasteiger partial charge in [-0.1, -0.05) is 30.3 Å². The monoisotopic (exact) mass is 337 g/mol. The lowest BCUT2D eigenvalue weighted by Crippen LogP contribution is -2.20. The lowest BCUT2D eigenvalue weighted by atomic mass is 10.1. The number of hydrogen-bond acceptors (Lipinski definition) is 5. The van der Waals surface area contributed by atoms with E-state index in [1.165, 1.54) is 23.9 Å². The molecule has 0 fully saturated rings. The minimum atomic E-state index is -0.696. The number of carbonyl (C=O) groups excluding carboxylic acids is 3. The number of nitrogens with zero attached hydrogens (tertiary/aromatic N) is 1. The molecule has 6 heteroatoms. The van der Waals surface area contributed by atoms with E-state index in [2.05, 4.69) is 0 Å². The molecule has 0 unspecified atom stereocenters. The van der Waals surface area contributed by atoms with Crippen LogP contribution in [0.25, 0.3) is 10.9 Å². The Morgan fingerprint density at radius 3 is 2.56 bits per heavy atom. The third kappa shape index (κ3) is 3.14. The van der Waals surface area contributed by atoms with E-state index >= 15 is 0 Å². The molecule has 0 aliphatic carbocycles. The van der Waals surface area contributed by atoms with Gasteiger partial charge < -0.3 is 9.57 Å². The van der Waals surface area contributed by atoms with Gasteiger partial charge in [0.2, 0.25) is 0 Å². The van der Waals surface area contributed by atoms with E-state index in [9.17, 15) is 14.4 Å². The van der Waals surface area contributed by atoms with Crippen LogP contribution in [0.2, 0.25) is 0 Å². The minimum Gasteiger partial charge on any atom is -0.426 e. The fourth-order valence-corrected chi connectivity index (χ4v) is 2.58. The molecule has 0 radical (unpaired) electrons. The van der Waals surface area contributed by atoms with Crippen molar-refractivity contribution in [2.24, 2.45) is 0 Å². The van der Waals surface area contributed by atoms with Gasteiger partial charge in [-0.2, -0.15) is 4.73 Å². The van der Waals surface area contributed by atoms with Gasteiger partial charge in [0.25, 0.3) is 0 Å². The second-order valence-corrected chi connectivity index (χ2v) is 5.47. The van der Waals surface area contributed by atoms with Gasteiger partial charge in [0.15, 0.2) is 6.29 Å². The molecule has 1 heterocycles. The Hall–Kier alpha value is -3.41. The van der Waals surface area contributed by atoms with Crippen molar-refractivity contribution in [2.75, 3.05) is 0 Å². The Bertz CT molecular complexity index is 987. The molecule has 6 nitrogen and oxygen atoms in total. The quantitative estimate of drug-likeness (QED) is 0.416. The van der Waals surface area contributed by atoms with E-state index in [4.69, 9.17) is 9.57 Å². The van der Waals surface area contributed by atoms with Crippen molar-refractivity contribution in [3.63, 3.8) is 0 Å². The Balaban J connectivity index is 2.00. The van der Waals surface area contributed by atoms with Crippen molar-refractivity contribution < 1.29 is 24.0 Å². The van der Waals surface area contributed by atoms with Crippen LogP contribution < -0.4 is 9.57 Å². The van der Waals surface area contributed by atoms with Gasteiger partial charge in [-0.05, 0) is 24.6 Å². The van der Waals surface area contributed by atoms with Crippen LogP contribution in [0.1, 0.15) is 33.2 Å². The second-order valence-electron chi connectivity index (χ2n) is 5.47. The Labute approximate surface area is 143 Å². The number of ether oxygens (including phenoxy) is 1. The van der Waals surface area contributed by atoms with Crippen LogP contribution in [0.15, 0.2) is 48.7 Å². The lowest BCUT2D eigenvalue weighted by molar-refractivity contribution is -0.131. The molecule has 0 bridgehead atoms. The van der Waals surface area contributed by atoms with Gasteiger partial charge in [-0.15, -0.1) is 0 Å². The van der Waals surface area contributed by atoms with E-state index < -0.39 is 11.9 Å². The molecule has 3 rings (SSSR count). The molecular formula is C19H15NO5. The first-order valence-corrected chi connectivity index (χ1v) is 7.57. The average Bonchev–Trinajstić information content (AvgIpc) is 2.94. The van der Waals surface area contributed by atoms with Crippen molar-refractivity contribution in [2.45, 2.75) is 13.8 Å². The van der Waals surface area contributed by atoms with Crippen molar-refractivity contribution in [3.8, 4) is 5.75 Å². The maximum absolute atomic E-state index is 12.6. The summed E-state index contributed by atoms with van der Waals surface area (Å²) in [7, 11) is 0. The smallest absolute Gasteiger partial charge is 0.367 e.